The van der Waals surface area contributed by atoms with E-state index >= 15 is 0 Å². The molecular weight excluding hydrogens is 780 g/mol. The number of carboxylic acids is 2. The van der Waals surface area contributed by atoms with Crippen molar-refractivity contribution in [3.05, 3.63) is 36.0 Å². The number of hydrogen-bond donors (Lipinski definition) is 15. The fraction of sp³-hybridized carbons (Fsp3) is 0.438. The van der Waals surface area contributed by atoms with Gasteiger partial charge in [-0.25, -0.2) is 4.79 Å². The lowest BCUT2D eigenvalue weighted by Crippen LogP contribution is -2.58. The highest BCUT2D eigenvalue weighted by molar-refractivity contribution is 7.80. The summed E-state index contributed by atoms with van der Waals surface area (Å²) in [6.07, 6.45) is 0.925. The van der Waals surface area contributed by atoms with Gasteiger partial charge in [-0.15, -0.1) is 0 Å². The smallest absolute Gasteiger partial charge is 0.327 e. The molecule has 0 aliphatic heterocycles. The molecule has 0 bridgehead atoms. The molecule has 1 heterocycles. The minimum Gasteiger partial charge on any atom is -0.481 e. The van der Waals surface area contributed by atoms with Crippen molar-refractivity contribution in [2.24, 2.45) is 5.73 Å². The molecular formula is C32H44N10O14S. The van der Waals surface area contributed by atoms with E-state index in [-0.39, 0.29) is 12.2 Å². The maximum Gasteiger partial charge on any atom is 0.327 e. The molecule has 2 rings (SSSR count). The van der Waals surface area contributed by atoms with E-state index in [0.29, 0.717) is 0 Å². The Morgan fingerprint density at radius 2 is 1.12 bits per heavy atom. The number of thiol groups is 1. The molecule has 0 aliphatic carbocycles. The predicted octanol–water partition coefficient (Wildman–Crippen LogP) is -7.08. The third-order valence-electron chi connectivity index (χ3n) is 7.67. The Hall–Kier alpha value is -6.31. The van der Waals surface area contributed by atoms with Crippen LogP contribution in [0.15, 0.2) is 30.5 Å². The maximum atomic E-state index is 12.6. The first-order chi connectivity index (χ1) is 27.0. The van der Waals surface area contributed by atoms with Crippen LogP contribution < -0.4 is 48.3 Å². The van der Waals surface area contributed by atoms with Crippen LogP contribution in [0.1, 0.15) is 12.0 Å². The van der Waals surface area contributed by atoms with E-state index < -0.39 is 135 Å². The molecule has 0 radical (unpaired) electrons. The number of nitrogens with one attached hydrogen (secondary N) is 9. The molecule has 15 N–H and O–H groups in total. The van der Waals surface area contributed by atoms with Gasteiger partial charge in [-0.2, -0.15) is 12.6 Å². The molecule has 0 spiro atoms. The van der Waals surface area contributed by atoms with Crippen LogP contribution in [-0.2, 0) is 54.4 Å². The summed E-state index contributed by atoms with van der Waals surface area (Å²) in [4.78, 5) is 124. The van der Waals surface area contributed by atoms with Crippen molar-refractivity contribution in [2.45, 2.75) is 43.1 Å². The number of aromatic amines is 1. The van der Waals surface area contributed by atoms with E-state index in [9.17, 15) is 58.2 Å². The second kappa shape index (κ2) is 23.6. The summed E-state index contributed by atoms with van der Waals surface area (Å²) in [6.45, 7) is -4.72. The molecule has 0 saturated heterocycles. The van der Waals surface area contributed by atoms with Gasteiger partial charge in [-0.1, -0.05) is 18.2 Å². The van der Waals surface area contributed by atoms with Crippen LogP contribution in [0.5, 0.6) is 0 Å². The fourth-order valence-electron chi connectivity index (χ4n) is 4.69. The minimum atomic E-state index is -1.82. The highest BCUT2D eigenvalue weighted by Gasteiger charge is 2.31. The molecule has 0 fully saturated rings. The molecule has 5 atom stereocenters. The molecule has 0 unspecified atom stereocenters. The van der Waals surface area contributed by atoms with Crippen molar-refractivity contribution in [1.82, 2.24) is 47.5 Å². The lowest BCUT2D eigenvalue weighted by molar-refractivity contribution is -0.143. The second-order valence-electron chi connectivity index (χ2n) is 12.0. The Morgan fingerprint density at radius 1 is 0.632 bits per heavy atom. The first kappa shape index (κ1) is 46.8. The third-order valence-corrected chi connectivity index (χ3v) is 8.03. The number of carbonyl (C=O) groups excluding carboxylic acids is 8. The SMILES string of the molecule is N[C@@H](Cc1c[nH]c2ccccc12)C(=O)NCC(=O)NCC(=O)N[C@@H](CO)C(=O)NCC(=O)NCC(=O)N[C@@H](CO)C(=O)N[C@@H](CC(=O)O)C(=O)N[C@@H](CS)C(=O)O. The molecule has 2 aromatic rings. The minimum absolute atomic E-state index is 0.188. The summed E-state index contributed by atoms with van der Waals surface area (Å²) in [7, 11) is 0. The zero-order valence-electron chi connectivity index (χ0n) is 30.0. The van der Waals surface area contributed by atoms with Gasteiger partial charge in [0.05, 0.1) is 51.9 Å². The van der Waals surface area contributed by atoms with Gasteiger partial charge in [0.25, 0.3) is 0 Å². The molecule has 1 aromatic carbocycles. The molecule has 57 heavy (non-hydrogen) atoms. The number of aliphatic hydroxyl groups is 2. The number of aliphatic hydroxyl groups excluding tert-OH is 2. The quantitative estimate of drug-likeness (QED) is 0.0438. The van der Waals surface area contributed by atoms with E-state index in [2.05, 4.69) is 44.2 Å². The topological polar surface area (TPSA) is 390 Å². The van der Waals surface area contributed by atoms with Gasteiger partial charge >= 0.3 is 11.9 Å². The van der Waals surface area contributed by atoms with Gasteiger partial charge in [0.15, 0.2) is 0 Å². The fourth-order valence-corrected chi connectivity index (χ4v) is 4.94. The summed E-state index contributed by atoms with van der Waals surface area (Å²) in [6, 6.07) is -0.220. The number of para-hydroxylation sites is 1. The number of rotatable bonds is 24. The average molecular weight is 825 g/mol. The predicted molar refractivity (Wildman–Crippen MR) is 198 cm³/mol. The number of aromatic nitrogens is 1. The van der Waals surface area contributed by atoms with Gasteiger partial charge in [0, 0.05) is 22.9 Å². The first-order valence-corrected chi connectivity index (χ1v) is 17.5. The van der Waals surface area contributed by atoms with Crippen LogP contribution in [0.2, 0.25) is 0 Å². The Bertz CT molecular complexity index is 1810. The number of hydrogen-bond acceptors (Lipinski definition) is 14. The Kier molecular flexibility index (Phi) is 19.4. The van der Waals surface area contributed by atoms with E-state index in [4.69, 9.17) is 15.9 Å². The number of H-pyrrole nitrogens is 1. The largest absolute Gasteiger partial charge is 0.481 e. The lowest BCUT2D eigenvalue weighted by Gasteiger charge is -2.22. The number of amides is 8. The van der Waals surface area contributed by atoms with Gasteiger partial charge in [0.1, 0.15) is 24.2 Å². The lowest BCUT2D eigenvalue weighted by atomic mass is 10.1. The standard InChI is InChI=1S/C32H44N10O14S/c33-17(5-15-7-34-18-4-2-1-3-16(15)18)28(51)37-8-23(45)35-10-25(47)39-20(12-43)29(52)38-9-24(46)36-11-26(48)40-21(13-44)31(54)41-19(6-27(49)50)30(53)42-22(14-57)32(55)56/h1-4,7,17,19-22,34,43-44,57H,5-6,8-14,33H2,(H,35,45)(H,36,46)(H,37,51)(H,38,52)(H,39,47)(H,40,48)(H,41,54)(H,42,53)(H,49,50)(H,55,56)/t17-,19-,20-,21-,22-/m0/s1. The molecule has 1 aromatic heterocycles. The second-order valence-corrected chi connectivity index (χ2v) is 12.4. The number of nitrogens with two attached hydrogens (primary N) is 1. The summed E-state index contributed by atoms with van der Waals surface area (Å²) in [5.74, 6) is -11.2. The van der Waals surface area contributed by atoms with E-state index in [0.717, 1.165) is 16.5 Å². The van der Waals surface area contributed by atoms with Crippen LogP contribution in [0.25, 0.3) is 10.9 Å². The number of fused-ring (bicyclic) bond motifs is 1. The Morgan fingerprint density at radius 3 is 1.65 bits per heavy atom. The maximum absolute atomic E-state index is 12.6. The Labute approximate surface area is 328 Å². The summed E-state index contributed by atoms with van der Waals surface area (Å²) >= 11 is 3.77. The molecule has 25 heteroatoms. The number of carboxylic acid groups (broad SMARTS) is 2. The summed E-state index contributed by atoms with van der Waals surface area (Å²) < 4.78 is 0. The highest BCUT2D eigenvalue weighted by atomic mass is 32.1. The zero-order chi connectivity index (χ0) is 42.7. The average Bonchev–Trinajstić information content (AvgIpc) is 3.58. The Balaban J connectivity index is 1.73. The van der Waals surface area contributed by atoms with Crippen molar-refractivity contribution in [3.63, 3.8) is 0 Å². The van der Waals surface area contributed by atoms with Crippen LogP contribution in [-0.4, -0.2) is 160 Å². The van der Waals surface area contributed by atoms with Crippen molar-refractivity contribution in [1.29, 1.82) is 0 Å². The molecule has 8 amide bonds. The number of aliphatic carboxylic acids is 2. The normalized spacial score (nSPS) is 13.3. The van der Waals surface area contributed by atoms with Gasteiger partial charge in [-0.3, -0.25) is 43.2 Å². The van der Waals surface area contributed by atoms with Gasteiger partial charge < -0.3 is 73.7 Å². The first-order valence-electron chi connectivity index (χ1n) is 16.9. The molecule has 0 saturated carbocycles. The monoisotopic (exact) mass is 824 g/mol. The van der Waals surface area contributed by atoms with E-state index in [1.165, 1.54) is 0 Å². The van der Waals surface area contributed by atoms with Crippen LogP contribution in [0.4, 0.5) is 0 Å². The van der Waals surface area contributed by atoms with Crippen molar-refractivity contribution in [2.75, 3.05) is 45.1 Å². The van der Waals surface area contributed by atoms with E-state index in [1.807, 2.05) is 40.2 Å². The van der Waals surface area contributed by atoms with Crippen molar-refractivity contribution >= 4 is 82.7 Å². The number of carbonyl (C=O) groups is 10. The van der Waals surface area contributed by atoms with E-state index in [1.54, 1.807) is 6.20 Å². The van der Waals surface area contributed by atoms with Crippen LogP contribution in [0.3, 0.4) is 0 Å². The third kappa shape index (κ3) is 16.1. The summed E-state index contributed by atoms with van der Waals surface area (Å²) in [5.41, 5.74) is 7.65. The number of benzene rings is 1. The zero-order valence-corrected chi connectivity index (χ0v) is 30.9. The van der Waals surface area contributed by atoms with Crippen LogP contribution in [0, 0.1) is 0 Å². The van der Waals surface area contributed by atoms with Crippen molar-refractivity contribution < 1.29 is 68.4 Å². The molecule has 312 valence electrons. The van der Waals surface area contributed by atoms with Gasteiger partial charge in [0.2, 0.25) is 47.3 Å². The molecule has 24 nitrogen and oxygen atoms in total. The summed E-state index contributed by atoms with van der Waals surface area (Å²) in [5, 5.41) is 55.1. The van der Waals surface area contributed by atoms with Crippen molar-refractivity contribution in [3.8, 4) is 0 Å². The van der Waals surface area contributed by atoms with Crippen LogP contribution >= 0.6 is 12.6 Å². The highest BCUT2D eigenvalue weighted by Crippen LogP contribution is 2.18. The van der Waals surface area contributed by atoms with Gasteiger partial charge in [-0.05, 0) is 18.1 Å². The molecule has 0 aliphatic rings.